The molecule has 0 fully saturated rings. The molecule has 2 rings (SSSR count). The van der Waals surface area contributed by atoms with Crippen LogP contribution in [-0.4, -0.2) is 30.8 Å². The van der Waals surface area contributed by atoms with Crippen molar-refractivity contribution in [3.63, 3.8) is 0 Å². The minimum atomic E-state index is -0.799. The summed E-state index contributed by atoms with van der Waals surface area (Å²) in [6, 6.07) is 7.81. The Kier molecular flexibility index (Phi) is 2.73. The number of carbonyl (C=O) groups is 1. The molecule has 1 heterocycles. The third kappa shape index (κ3) is 1.50. The van der Waals surface area contributed by atoms with E-state index in [0.717, 1.165) is 24.3 Å². The number of aliphatic carboxylic acids is 1. The molecule has 0 radical (unpaired) electrons. The number of carboxylic acids is 1. The Hall–Kier alpha value is -1.71. The second-order valence-corrected chi connectivity index (χ2v) is 4.00. The number of hydrogen-bond donors (Lipinski definition) is 1. The average molecular weight is 220 g/mol. The number of hydrogen-bond acceptors (Lipinski definition) is 3. The largest absolute Gasteiger partial charge is 0.478 e. The lowest BCUT2D eigenvalue weighted by molar-refractivity contribution is -0.138. The Morgan fingerprint density at radius 1 is 1.38 bits per heavy atom. The van der Waals surface area contributed by atoms with E-state index in [1.807, 2.05) is 41.1 Å². The summed E-state index contributed by atoms with van der Waals surface area (Å²) in [6.45, 7) is 2.82. The van der Waals surface area contributed by atoms with Crippen molar-refractivity contribution in [2.75, 3.05) is 23.4 Å². The van der Waals surface area contributed by atoms with Crippen LogP contribution in [0.5, 0.6) is 0 Å². The van der Waals surface area contributed by atoms with Crippen LogP contribution in [0.1, 0.15) is 13.3 Å². The molecular formula is C12H16N2O2. The normalized spacial score (nSPS) is 18.8. The number of carboxylic acid groups (broad SMARTS) is 1. The van der Waals surface area contributed by atoms with E-state index in [-0.39, 0.29) is 0 Å². The standard InChI is InChI=1S/C12H16N2O2/c1-3-8-14-10-7-5-4-6-9(10)13(2)11(14)12(15)16/h4-7,11H,3,8H2,1-2H3,(H,15,16). The maximum absolute atomic E-state index is 11.3. The quantitative estimate of drug-likeness (QED) is 0.843. The predicted octanol–water partition coefficient (Wildman–Crippen LogP) is 1.76. The van der Waals surface area contributed by atoms with Crippen molar-refractivity contribution in [2.45, 2.75) is 19.5 Å². The Balaban J connectivity index is 2.43. The number of benzene rings is 1. The van der Waals surface area contributed by atoms with Gasteiger partial charge in [-0.3, -0.25) is 0 Å². The topological polar surface area (TPSA) is 43.8 Å². The molecule has 1 aromatic carbocycles. The zero-order valence-electron chi connectivity index (χ0n) is 9.55. The van der Waals surface area contributed by atoms with Crippen molar-refractivity contribution in [1.82, 2.24) is 0 Å². The van der Waals surface area contributed by atoms with Crippen LogP contribution in [0.4, 0.5) is 11.4 Å². The van der Waals surface area contributed by atoms with Gasteiger partial charge in [-0.2, -0.15) is 0 Å². The summed E-state index contributed by atoms with van der Waals surface area (Å²) in [5.74, 6) is -0.799. The van der Waals surface area contributed by atoms with Crippen molar-refractivity contribution in [1.29, 1.82) is 0 Å². The van der Waals surface area contributed by atoms with Gasteiger partial charge in [-0.05, 0) is 18.6 Å². The molecule has 1 unspecified atom stereocenters. The summed E-state index contributed by atoms with van der Waals surface area (Å²) < 4.78 is 0. The van der Waals surface area contributed by atoms with Gasteiger partial charge in [0, 0.05) is 13.6 Å². The molecule has 0 aliphatic carbocycles. The fourth-order valence-corrected chi connectivity index (χ4v) is 2.26. The van der Waals surface area contributed by atoms with Crippen molar-refractivity contribution < 1.29 is 9.90 Å². The number of rotatable bonds is 3. The molecule has 1 N–H and O–H groups in total. The molecule has 4 nitrogen and oxygen atoms in total. The number of nitrogens with zero attached hydrogens (tertiary/aromatic N) is 2. The average Bonchev–Trinajstić information content (AvgIpc) is 2.54. The third-order valence-corrected chi connectivity index (χ3v) is 2.92. The van der Waals surface area contributed by atoms with E-state index in [0.29, 0.717) is 0 Å². The fraction of sp³-hybridized carbons (Fsp3) is 0.417. The summed E-state index contributed by atoms with van der Waals surface area (Å²) in [6.07, 6.45) is 0.365. The van der Waals surface area contributed by atoms with Gasteiger partial charge in [0.15, 0.2) is 0 Å². The second kappa shape index (κ2) is 4.04. The van der Waals surface area contributed by atoms with Crippen molar-refractivity contribution >= 4 is 17.3 Å². The second-order valence-electron chi connectivity index (χ2n) is 4.00. The summed E-state index contributed by atoms with van der Waals surface area (Å²) >= 11 is 0. The predicted molar refractivity (Wildman–Crippen MR) is 63.9 cm³/mol. The van der Waals surface area contributed by atoms with Gasteiger partial charge in [-0.1, -0.05) is 19.1 Å². The molecule has 1 aliphatic heterocycles. The van der Waals surface area contributed by atoms with Crippen LogP contribution in [0.3, 0.4) is 0 Å². The fourth-order valence-electron chi connectivity index (χ4n) is 2.26. The highest BCUT2D eigenvalue weighted by molar-refractivity contribution is 5.90. The minimum Gasteiger partial charge on any atom is -0.478 e. The Bertz CT molecular complexity index is 406. The monoisotopic (exact) mass is 220 g/mol. The summed E-state index contributed by atoms with van der Waals surface area (Å²) in [5, 5.41) is 9.27. The van der Waals surface area contributed by atoms with Crippen molar-refractivity contribution in [3.05, 3.63) is 24.3 Å². The molecule has 1 aliphatic rings. The number of anilines is 2. The van der Waals surface area contributed by atoms with Crippen LogP contribution in [0.2, 0.25) is 0 Å². The zero-order valence-corrected chi connectivity index (χ0v) is 9.55. The molecule has 4 heteroatoms. The highest BCUT2D eigenvalue weighted by Gasteiger charge is 2.37. The first-order chi connectivity index (χ1) is 7.66. The van der Waals surface area contributed by atoms with E-state index in [2.05, 4.69) is 6.92 Å². The first-order valence-electron chi connectivity index (χ1n) is 5.48. The zero-order chi connectivity index (χ0) is 11.7. The summed E-state index contributed by atoms with van der Waals surface area (Å²) in [4.78, 5) is 15.0. The van der Waals surface area contributed by atoms with Gasteiger partial charge in [0.25, 0.3) is 0 Å². The molecule has 0 bridgehead atoms. The summed E-state index contributed by atoms with van der Waals surface area (Å²) in [7, 11) is 1.83. The van der Waals surface area contributed by atoms with E-state index < -0.39 is 12.1 Å². The van der Waals surface area contributed by atoms with Crippen LogP contribution in [-0.2, 0) is 4.79 Å². The number of likely N-dealkylation sites (N-methyl/N-ethyl adjacent to an activating group) is 1. The van der Waals surface area contributed by atoms with Gasteiger partial charge in [-0.25, -0.2) is 4.79 Å². The van der Waals surface area contributed by atoms with Gasteiger partial charge in [0.05, 0.1) is 11.4 Å². The highest BCUT2D eigenvalue weighted by atomic mass is 16.4. The molecule has 0 saturated heterocycles. The van der Waals surface area contributed by atoms with Gasteiger partial charge < -0.3 is 14.9 Å². The van der Waals surface area contributed by atoms with Crippen LogP contribution in [0, 0.1) is 0 Å². The third-order valence-electron chi connectivity index (χ3n) is 2.92. The Morgan fingerprint density at radius 2 is 2.00 bits per heavy atom. The van der Waals surface area contributed by atoms with E-state index in [1.165, 1.54) is 0 Å². The molecular weight excluding hydrogens is 204 g/mol. The van der Waals surface area contributed by atoms with Gasteiger partial charge in [0.2, 0.25) is 6.17 Å². The van der Waals surface area contributed by atoms with Gasteiger partial charge in [0.1, 0.15) is 0 Å². The van der Waals surface area contributed by atoms with E-state index >= 15 is 0 Å². The molecule has 0 aromatic heterocycles. The van der Waals surface area contributed by atoms with Crippen LogP contribution < -0.4 is 9.80 Å². The summed E-state index contributed by atoms with van der Waals surface area (Å²) in [5.41, 5.74) is 2.00. The van der Waals surface area contributed by atoms with Gasteiger partial charge in [-0.15, -0.1) is 0 Å². The maximum Gasteiger partial charge on any atom is 0.347 e. The van der Waals surface area contributed by atoms with E-state index in [1.54, 1.807) is 0 Å². The molecule has 0 amide bonds. The van der Waals surface area contributed by atoms with Crippen molar-refractivity contribution in [3.8, 4) is 0 Å². The molecule has 0 spiro atoms. The molecule has 0 saturated carbocycles. The lowest BCUT2D eigenvalue weighted by Gasteiger charge is -2.26. The number of fused-ring (bicyclic) bond motifs is 1. The highest BCUT2D eigenvalue weighted by Crippen LogP contribution is 2.38. The Morgan fingerprint density at radius 3 is 2.56 bits per heavy atom. The molecule has 86 valence electrons. The minimum absolute atomic E-state index is 0.572. The maximum atomic E-state index is 11.3. The number of para-hydroxylation sites is 2. The molecule has 1 atom stereocenters. The molecule has 16 heavy (non-hydrogen) atoms. The van der Waals surface area contributed by atoms with E-state index in [4.69, 9.17) is 0 Å². The van der Waals surface area contributed by atoms with E-state index in [9.17, 15) is 9.90 Å². The Labute approximate surface area is 95.1 Å². The lowest BCUT2D eigenvalue weighted by Crippen LogP contribution is -2.47. The van der Waals surface area contributed by atoms with Crippen LogP contribution in [0.15, 0.2) is 24.3 Å². The smallest absolute Gasteiger partial charge is 0.347 e. The first kappa shape index (κ1) is 10.8. The first-order valence-corrected chi connectivity index (χ1v) is 5.48. The lowest BCUT2D eigenvalue weighted by atomic mass is 10.2. The van der Waals surface area contributed by atoms with Crippen LogP contribution >= 0.6 is 0 Å². The van der Waals surface area contributed by atoms with Crippen LogP contribution in [0.25, 0.3) is 0 Å². The molecule has 1 aromatic rings. The van der Waals surface area contributed by atoms with Gasteiger partial charge >= 0.3 is 5.97 Å². The SMILES string of the molecule is CCCN1c2ccccc2N(C)C1C(=O)O. The van der Waals surface area contributed by atoms with Crippen molar-refractivity contribution in [2.24, 2.45) is 0 Å².